The van der Waals surface area contributed by atoms with Gasteiger partial charge in [0, 0.05) is 0 Å². The van der Waals surface area contributed by atoms with Gasteiger partial charge in [0.1, 0.15) is 6.10 Å². The van der Waals surface area contributed by atoms with Crippen LogP contribution in [0.3, 0.4) is 0 Å². The summed E-state index contributed by atoms with van der Waals surface area (Å²) >= 11 is 0. The van der Waals surface area contributed by atoms with Crippen LogP contribution < -0.4 is 0 Å². The molecule has 0 aliphatic heterocycles. The second-order valence-electron chi connectivity index (χ2n) is 3.66. The molecule has 0 aliphatic carbocycles. The largest absolute Gasteiger partial charge is 0.453 e. The average Bonchev–Trinajstić information content (AvgIpc) is 2.26. The van der Waals surface area contributed by atoms with E-state index in [4.69, 9.17) is 4.74 Å². The summed E-state index contributed by atoms with van der Waals surface area (Å²) in [5.41, 5.74) is 0.946. The van der Waals surface area contributed by atoms with E-state index in [1.165, 1.54) is 0 Å². The number of esters is 1. The molecule has 0 saturated carbocycles. The van der Waals surface area contributed by atoms with Crippen LogP contribution >= 0.6 is 0 Å². The molecule has 1 atom stereocenters. The van der Waals surface area contributed by atoms with Gasteiger partial charge in [-0.05, 0) is 11.6 Å². The molecule has 15 heavy (non-hydrogen) atoms. The zero-order valence-corrected chi connectivity index (χ0v) is 9.14. The summed E-state index contributed by atoms with van der Waals surface area (Å²) in [6.07, 6.45) is 1.29. The standard InChI is InChI=1S/C13H16O2/c1-4-12(15-13(14)10(2)3)11-8-6-5-7-9-11/h4-10,12H,1H2,2-3H3. The number of carbonyl (C=O) groups excluding carboxylic acids is 1. The fraction of sp³-hybridized carbons (Fsp3) is 0.308. The van der Waals surface area contributed by atoms with Crippen molar-refractivity contribution in [3.8, 4) is 0 Å². The van der Waals surface area contributed by atoms with Crippen molar-refractivity contribution >= 4 is 5.97 Å². The molecule has 0 fully saturated rings. The third kappa shape index (κ3) is 3.24. The number of ether oxygens (including phenoxy) is 1. The number of hydrogen-bond donors (Lipinski definition) is 0. The second-order valence-corrected chi connectivity index (χ2v) is 3.66. The van der Waals surface area contributed by atoms with Crippen molar-refractivity contribution in [1.29, 1.82) is 0 Å². The number of carbonyl (C=O) groups is 1. The average molecular weight is 204 g/mol. The van der Waals surface area contributed by atoms with Gasteiger partial charge in [0.2, 0.25) is 0 Å². The van der Waals surface area contributed by atoms with Crippen molar-refractivity contribution in [2.24, 2.45) is 5.92 Å². The molecule has 0 amide bonds. The molecule has 2 nitrogen and oxygen atoms in total. The van der Waals surface area contributed by atoms with Gasteiger partial charge in [-0.1, -0.05) is 50.8 Å². The van der Waals surface area contributed by atoms with Gasteiger partial charge in [0.15, 0.2) is 0 Å². The predicted octanol–water partition coefficient (Wildman–Crippen LogP) is 3.11. The van der Waals surface area contributed by atoms with E-state index in [1.54, 1.807) is 6.08 Å². The molecule has 80 valence electrons. The lowest BCUT2D eigenvalue weighted by Crippen LogP contribution is -2.14. The Morgan fingerprint density at radius 2 is 1.93 bits per heavy atom. The highest BCUT2D eigenvalue weighted by Gasteiger charge is 2.15. The van der Waals surface area contributed by atoms with Gasteiger partial charge in [0.25, 0.3) is 0 Å². The highest BCUT2D eigenvalue weighted by Crippen LogP contribution is 2.19. The Labute approximate surface area is 90.6 Å². The van der Waals surface area contributed by atoms with Crippen molar-refractivity contribution < 1.29 is 9.53 Å². The van der Waals surface area contributed by atoms with Gasteiger partial charge >= 0.3 is 5.97 Å². The van der Waals surface area contributed by atoms with Crippen molar-refractivity contribution in [2.45, 2.75) is 20.0 Å². The summed E-state index contributed by atoms with van der Waals surface area (Å²) in [5.74, 6) is -0.320. The molecule has 1 aromatic carbocycles. The van der Waals surface area contributed by atoms with E-state index in [2.05, 4.69) is 6.58 Å². The zero-order chi connectivity index (χ0) is 11.3. The Balaban J connectivity index is 2.73. The Bertz CT molecular complexity index is 328. The summed E-state index contributed by atoms with van der Waals surface area (Å²) in [4.78, 5) is 11.4. The first-order chi connectivity index (χ1) is 7.15. The molecule has 0 saturated heterocycles. The first-order valence-corrected chi connectivity index (χ1v) is 5.03. The summed E-state index contributed by atoms with van der Waals surface area (Å²) < 4.78 is 5.29. The van der Waals surface area contributed by atoms with E-state index in [9.17, 15) is 4.79 Å². The van der Waals surface area contributed by atoms with Gasteiger partial charge in [-0.15, -0.1) is 0 Å². The van der Waals surface area contributed by atoms with Gasteiger partial charge in [0.05, 0.1) is 5.92 Å². The van der Waals surface area contributed by atoms with Crippen LogP contribution in [0.25, 0.3) is 0 Å². The number of benzene rings is 1. The van der Waals surface area contributed by atoms with Crippen LogP contribution in [0.2, 0.25) is 0 Å². The van der Waals surface area contributed by atoms with Crippen LogP contribution in [-0.4, -0.2) is 5.97 Å². The molecule has 0 aromatic heterocycles. The molecular weight excluding hydrogens is 188 g/mol. The fourth-order valence-corrected chi connectivity index (χ4v) is 1.16. The summed E-state index contributed by atoms with van der Waals surface area (Å²) in [6.45, 7) is 7.30. The maximum atomic E-state index is 11.4. The molecule has 0 spiro atoms. The summed E-state index contributed by atoms with van der Waals surface area (Å²) in [7, 11) is 0. The molecule has 1 unspecified atom stereocenters. The van der Waals surface area contributed by atoms with Crippen LogP contribution in [0.4, 0.5) is 0 Å². The molecule has 1 aromatic rings. The van der Waals surface area contributed by atoms with E-state index in [0.29, 0.717) is 0 Å². The van der Waals surface area contributed by atoms with Gasteiger partial charge in [-0.25, -0.2) is 0 Å². The molecule has 1 rings (SSSR count). The number of rotatable bonds is 4. The van der Waals surface area contributed by atoms with E-state index >= 15 is 0 Å². The Kier molecular flexibility index (Phi) is 4.10. The molecular formula is C13H16O2. The first-order valence-electron chi connectivity index (χ1n) is 5.03. The Morgan fingerprint density at radius 1 is 1.33 bits per heavy atom. The molecule has 0 aliphatic rings. The van der Waals surface area contributed by atoms with Gasteiger partial charge in [-0.3, -0.25) is 4.79 Å². The Hall–Kier alpha value is -1.57. The summed E-state index contributed by atoms with van der Waals surface area (Å²) in [5, 5.41) is 0. The third-order valence-corrected chi connectivity index (χ3v) is 2.06. The predicted molar refractivity (Wildman–Crippen MR) is 60.3 cm³/mol. The molecule has 0 bridgehead atoms. The van der Waals surface area contributed by atoms with Crippen molar-refractivity contribution in [1.82, 2.24) is 0 Å². The van der Waals surface area contributed by atoms with E-state index in [-0.39, 0.29) is 18.0 Å². The Morgan fingerprint density at radius 3 is 2.40 bits per heavy atom. The van der Waals surface area contributed by atoms with Crippen LogP contribution in [0, 0.1) is 5.92 Å². The smallest absolute Gasteiger partial charge is 0.309 e. The summed E-state index contributed by atoms with van der Waals surface area (Å²) in [6, 6.07) is 9.58. The van der Waals surface area contributed by atoms with Crippen LogP contribution in [0.5, 0.6) is 0 Å². The molecule has 0 N–H and O–H groups in total. The molecule has 2 heteroatoms. The minimum atomic E-state index is -0.346. The minimum Gasteiger partial charge on any atom is -0.453 e. The van der Waals surface area contributed by atoms with Crippen molar-refractivity contribution in [2.75, 3.05) is 0 Å². The number of hydrogen-bond acceptors (Lipinski definition) is 2. The van der Waals surface area contributed by atoms with Crippen molar-refractivity contribution in [3.05, 3.63) is 48.6 Å². The second kappa shape index (κ2) is 5.35. The van der Waals surface area contributed by atoms with E-state index in [1.807, 2.05) is 44.2 Å². The van der Waals surface area contributed by atoms with Gasteiger partial charge < -0.3 is 4.74 Å². The molecule has 0 radical (unpaired) electrons. The third-order valence-electron chi connectivity index (χ3n) is 2.06. The lowest BCUT2D eigenvalue weighted by atomic mass is 10.1. The van der Waals surface area contributed by atoms with Gasteiger partial charge in [-0.2, -0.15) is 0 Å². The zero-order valence-electron chi connectivity index (χ0n) is 9.14. The highest BCUT2D eigenvalue weighted by atomic mass is 16.5. The topological polar surface area (TPSA) is 26.3 Å². The monoisotopic (exact) mass is 204 g/mol. The fourth-order valence-electron chi connectivity index (χ4n) is 1.16. The quantitative estimate of drug-likeness (QED) is 0.556. The maximum absolute atomic E-state index is 11.4. The lowest BCUT2D eigenvalue weighted by molar-refractivity contribution is -0.150. The van der Waals surface area contributed by atoms with E-state index < -0.39 is 0 Å². The first kappa shape index (κ1) is 11.5. The maximum Gasteiger partial charge on any atom is 0.309 e. The highest BCUT2D eigenvalue weighted by molar-refractivity contribution is 5.72. The lowest BCUT2D eigenvalue weighted by Gasteiger charge is -2.15. The normalized spacial score (nSPS) is 12.2. The van der Waals surface area contributed by atoms with Crippen molar-refractivity contribution in [3.63, 3.8) is 0 Å². The van der Waals surface area contributed by atoms with Crippen LogP contribution in [0.1, 0.15) is 25.5 Å². The van der Waals surface area contributed by atoms with Crippen LogP contribution in [-0.2, 0) is 9.53 Å². The van der Waals surface area contributed by atoms with Crippen LogP contribution in [0.15, 0.2) is 43.0 Å². The SMILES string of the molecule is C=CC(OC(=O)C(C)C)c1ccccc1. The molecule has 0 heterocycles. The van der Waals surface area contributed by atoms with E-state index in [0.717, 1.165) is 5.56 Å². The minimum absolute atomic E-state index is 0.115.